The fourth-order valence-corrected chi connectivity index (χ4v) is 3.41. The standard InChI is InChI=1S/C21H21N3O/c25-21(24-12-5-2-6-13-24)19(16-8-3-1-4-9-16)14-17-15-23-20-18(17)10-7-11-22-20/h1,3-4,7-11,14-15H,2,5-6,12-13H2,(H,22,23)/b19-14-. The van der Waals surface area contributed by atoms with E-state index < -0.39 is 0 Å². The van der Waals surface area contributed by atoms with E-state index in [4.69, 9.17) is 0 Å². The Bertz CT molecular complexity index is 905. The Kier molecular flexibility index (Phi) is 4.34. The Balaban J connectivity index is 1.78. The molecule has 4 rings (SSSR count). The smallest absolute Gasteiger partial charge is 0.254 e. The van der Waals surface area contributed by atoms with Crippen molar-refractivity contribution in [2.75, 3.05) is 13.1 Å². The van der Waals surface area contributed by atoms with Crippen molar-refractivity contribution in [3.05, 3.63) is 66.0 Å². The van der Waals surface area contributed by atoms with Crippen LogP contribution in [0, 0.1) is 0 Å². The zero-order valence-corrected chi connectivity index (χ0v) is 14.1. The number of benzene rings is 1. The van der Waals surface area contributed by atoms with Crippen LogP contribution >= 0.6 is 0 Å². The number of aromatic nitrogens is 2. The highest BCUT2D eigenvalue weighted by Gasteiger charge is 2.21. The number of carbonyl (C=O) groups excluding carboxylic acids is 1. The normalized spacial score (nSPS) is 15.5. The van der Waals surface area contributed by atoms with Gasteiger partial charge in [0.25, 0.3) is 5.91 Å². The lowest BCUT2D eigenvalue weighted by molar-refractivity contribution is -0.125. The first-order valence-electron chi connectivity index (χ1n) is 8.81. The van der Waals surface area contributed by atoms with Gasteiger partial charge in [-0.25, -0.2) is 4.98 Å². The molecule has 4 heteroatoms. The number of carbonyl (C=O) groups is 1. The van der Waals surface area contributed by atoms with Crippen molar-refractivity contribution in [2.45, 2.75) is 19.3 Å². The molecule has 0 aliphatic carbocycles. The maximum Gasteiger partial charge on any atom is 0.254 e. The van der Waals surface area contributed by atoms with Crippen molar-refractivity contribution in [3.8, 4) is 0 Å². The first-order valence-corrected chi connectivity index (χ1v) is 8.81. The Labute approximate surface area is 147 Å². The van der Waals surface area contributed by atoms with Crippen LogP contribution in [0.15, 0.2) is 54.9 Å². The summed E-state index contributed by atoms with van der Waals surface area (Å²) in [5.41, 5.74) is 3.53. The number of aromatic amines is 1. The number of nitrogens with one attached hydrogen (secondary N) is 1. The molecule has 2 aromatic heterocycles. The molecule has 3 aromatic rings. The van der Waals surface area contributed by atoms with E-state index >= 15 is 0 Å². The summed E-state index contributed by atoms with van der Waals surface area (Å²) in [6, 6.07) is 13.9. The van der Waals surface area contributed by atoms with Gasteiger partial charge in [0.05, 0.1) is 0 Å². The summed E-state index contributed by atoms with van der Waals surface area (Å²) in [5.74, 6) is 0.115. The number of nitrogens with zero attached hydrogens (tertiary/aromatic N) is 2. The molecule has 1 aliphatic rings. The van der Waals surface area contributed by atoms with Crippen LogP contribution in [-0.4, -0.2) is 33.9 Å². The third kappa shape index (κ3) is 3.20. The SMILES string of the molecule is O=C(/C(=C\c1c[nH]c2ncccc12)c1ccccc1)N1CCCCC1. The van der Waals surface area contributed by atoms with Gasteiger partial charge in [-0.3, -0.25) is 4.79 Å². The molecule has 0 bridgehead atoms. The van der Waals surface area contributed by atoms with Gasteiger partial charge in [0, 0.05) is 42.0 Å². The summed E-state index contributed by atoms with van der Waals surface area (Å²) in [4.78, 5) is 22.7. The molecule has 25 heavy (non-hydrogen) atoms. The van der Waals surface area contributed by atoms with Gasteiger partial charge in [0.15, 0.2) is 0 Å². The van der Waals surface area contributed by atoms with Crippen LogP contribution < -0.4 is 0 Å². The fourth-order valence-electron chi connectivity index (χ4n) is 3.41. The third-order valence-electron chi connectivity index (χ3n) is 4.74. The van der Waals surface area contributed by atoms with Crippen molar-refractivity contribution >= 4 is 28.6 Å². The topological polar surface area (TPSA) is 49.0 Å². The number of pyridine rings is 1. The molecule has 0 radical (unpaired) electrons. The van der Waals surface area contributed by atoms with Crippen LogP contribution in [0.1, 0.15) is 30.4 Å². The van der Waals surface area contributed by atoms with Gasteiger partial charge in [-0.1, -0.05) is 30.3 Å². The molecule has 4 nitrogen and oxygen atoms in total. The predicted molar refractivity (Wildman–Crippen MR) is 101 cm³/mol. The third-order valence-corrected chi connectivity index (χ3v) is 4.74. The number of piperidine rings is 1. The number of rotatable bonds is 3. The average Bonchev–Trinajstić information content (AvgIpc) is 3.10. The van der Waals surface area contributed by atoms with Crippen LogP contribution in [0.3, 0.4) is 0 Å². The average molecular weight is 331 g/mol. The highest BCUT2D eigenvalue weighted by atomic mass is 16.2. The summed E-state index contributed by atoms with van der Waals surface area (Å²) in [6.45, 7) is 1.69. The van der Waals surface area contributed by atoms with Crippen LogP contribution in [-0.2, 0) is 4.79 Å². The second-order valence-corrected chi connectivity index (χ2v) is 6.42. The molecule has 1 saturated heterocycles. The summed E-state index contributed by atoms with van der Waals surface area (Å²) >= 11 is 0. The van der Waals surface area contributed by atoms with Crippen molar-refractivity contribution in [3.63, 3.8) is 0 Å². The zero-order chi connectivity index (χ0) is 17.1. The number of H-pyrrole nitrogens is 1. The number of fused-ring (bicyclic) bond motifs is 1. The monoisotopic (exact) mass is 331 g/mol. The van der Waals surface area contributed by atoms with E-state index in [1.54, 1.807) is 6.20 Å². The predicted octanol–water partition coefficient (Wildman–Crippen LogP) is 4.12. The lowest BCUT2D eigenvalue weighted by atomic mass is 10.00. The molecule has 0 saturated carbocycles. The van der Waals surface area contributed by atoms with Gasteiger partial charge in [-0.2, -0.15) is 0 Å². The maximum atomic E-state index is 13.2. The van der Waals surface area contributed by atoms with Crippen molar-refractivity contribution < 1.29 is 4.79 Å². The molecule has 1 N–H and O–H groups in total. The van der Waals surface area contributed by atoms with Crippen LogP contribution in [0.2, 0.25) is 0 Å². The molecular weight excluding hydrogens is 310 g/mol. The van der Waals surface area contributed by atoms with E-state index in [1.165, 1.54) is 6.42 Å². The summed E-state index contributed by atoms with van der Waals surface area (Å²) < 4.78 is 0. The number of hydrogen-bond donors (Lipinski definition) is 1. The van der Waals surface area contributed by atoms with Gasteiger partial charge >= 0.3 is 0 Å². The van der Waals surface area contributed by atoms with Crippen molar-refractivity contribution in [2.24, 2.45) is 0 Å². The van der Waals surface area contributed by atoms with Gasteiger partial charge in [0.2, 0.25) is 0 Å². The second kappa shape index (κ2) is 6.93. The molecule has 1 aliphatic heterocycles. The fraction of sp³-hybridized carbons (Fsp3) is 0.238. The minimum atomic E-state index is 0.115. The molecule has 1 aromatic carbocycles. The molecular formula is C21H21N3O. The van der Waals surface area contributed by atoms with E-state index in [2.05, 4.69) is 9.97 Å². The highest BCUT2D eigenvalue weighted by molar-refractivity contribution is 6.24. The first kappa shape index (κ1) is 15.6. The molecule has 0 spiro atoms. The van der Waals surface area contributed by atoms with Crippen molar-refractivity contribution in [1.29, 1.82) is 0 Å². The molecule has 1 fully saturated rings. The van der Waals surface area contributed by atoms with Crippen LogP contribution in [0.5, 0.6) is 0 Å². The Morgan fingerprint density at radius 2 is 1.84 bits per heavy atom. The number of likely N-dealkylation sites (tertiary alicyclic amines) is 1. The summed E-state index contributed by atoms with van der Waals surface area (Å²) in [7, 11) is 0. The maximum absolute atomic E-state index is 13.2. The van der Waals surface area contributed by atoms with E-state index in [0.29, 0.717) is 0 Å². The van der Waals surface area contributed by atoms with Gasteiger partial charge in [0.1, 0.15) is 5.65 Å². The molecule has 1 amide bonds. The zero-order valence-electron chi connectivity index (χ0n) is 14.1. The lowest BCUT2D eigenvalue weighted by Gasteiger charge is -2.27. The van der Waals surface area contributed by atoms with Gasteiger partial charge in [-0.05, 0) is 43.0 Å². The minimum Gasteiger partial charge on any atom is -0.346 e. The first-order chi connectivity index (χ1) is 12.3. The molecule has 3 heterocycles. The largest absolute Gasteiger partial charge is 0.346 e. The summed E-state index contributed by atoms with van der Waals surface area (Å²) in [6.07, 6.45) is 9.07. The van der Waals surface area contributed by atoms with E-state index in [9.17, 15) is 4.79 Å². The van der Waals surface area contributed by atoms with E-state index in [-0.39, 0.29) is 5.91 Å². The van der Waals surface area contributed by atoms with Gasteiger partial charge < -0.3 is 9.88 Å². The Morgan fingerprint density at radius 3 is 2.64 bits per heavy atom. The molecule has 0 unspecified atom stereocenters. The Morgan fingerprint density at radius 1 is 1.04 bits per heavy atom. The van der Waals surface area contributed by atoms with E-state index in [1.807, 2.05) is 59.6 Å². The van der Waals surface area contributed by atoms with Crippen molar-refractivity contribution in [1.82, 2.24) is 14.9 Å². The second-order valence-electron chi connectivity index (χ2n) is 6.42. The lowest BCUT2D eigenvalue weighted by Crippen LogP contribution is -2.36. The Hall–Kier alpha value is -2.88. The van der Waals surface area contributed by atoms with Gasteiger partial charge in [-0.15, -0.1) is 0 Å². The molecule has 0 atom stereocenters. The van der Waals surface area contributed by atoms with Crippen LogP contribution in [0.4, 0.5) is 0 Å². The number of hydrogen-bond acceptors (Lipinski definition) is 2. The number of amides is 1. The van der Waals surface area contributed by atoms with E-state index in [0.717, 1.165) is 53.7 Å². The summed E-state index contributed by atoms with van der Waals surface area (Å²) in [5, 5.41) is 1.03. The molecule has 126 valence electrons. The quantitative estimate of drug-likeness (QED) is 0.734. The minimum absolute atomic E-state index is 0.115. The highest BCUT2D eigenvalue weighted by Crippen LogP contribution is 2.26. The van der Waals surface area contributed by atoms with Crippen LogP contribution in [0.25, 0.3) is 22.7 Å².